The second-order valence-electron chi connectivity index (χ2n) is 5.38. The van der Waals surface area contributed by atoms with Crippen LogP contribution in [-0.2, 0) is 14.6 Å². The minimum absolute atomic E-state index is 0.00815. The molecular weight excluding hydrogens is 252 g/mol. The highest BCUT2D eigenvalue weighted by Crippen LogP contribution is 2.17. The van der Waals surface area contributed by atoms with E-state index in [-0.39, 0.29) is 30.0 Å². The van der Waals surface area contributed by atoms with Crippen molar-refractivity contribution in [1.29, 1.82) is 0 Å². The topological polar surface area (TPSA) is 75.3 Å². The van der Waals surface area contributed by atoms with Gasteiger partial charge in [0.25, 0.3) is 0 Å². The smallest absolute Gasteiger partial charge is 0.234 e. The molecule has 104 valence electrons. The molecule has 5 nitrogen and oxygen atoms in total. The number of hydrogen-bond donors (Lipinski definition) is 2. The minimum Gasteiger partial charge on any atom is -0.352 e. The Morgan fingerprint density at radius 2 is 1.78 bits per heavy atom. The number of carbonyl (C=O) groups is 1. The van der Waals surface area contributed by atoms with Crippen LogP contribution in [0.4, 0.5) is 0 Å². The lowest BCUT2D eigenvalue weighted by molar-refractivity contribution is -0.121. The van der Waals surface area contributed by atoms with E-state index in [2.05, 4.69) is 10.6 Å². The van der Waals surface area contributed by atoms with Crippen molar-refractivity contribution >= 4 is 15.7 Å². The summed E-state index contributed by atoms with van der Waals surface area (Å²) < 4.78 is 22.5. The van der Waals surface area contributed by atoms with Gasteiger partial charge in [-0.15, -0.1) is 0 Å². The molecule has 0 aromatic carbocycles. The number of hydrogen-bond acceptors (Lipinski definition) is 4. The number of sulfone groups is 1. The SMILES string of the molecule is O=C(CNC1CCS(=O)(=O)C1)NC1CCCCC1. The highest BCUT2D eigenvalue weighted by atomic mass is 32.2. The van der Waals surface area contributed by atoms with E-state index < -0.39 is 9.84 Å². The largest absolute Gasteiger partial charge is 0.352 e. The van der Waals surface area contributed by atoms with Crippen molar-refractivity contribution in [2.24, 2.45) is 0 Å². The molecule has 18 heavy (non-hydrogen) atoms. The molecular formula is C12H22N2O3S. The van der Waals surface area contributed by atoms with E-state index in [1.165, 1.54) is 19.3 Å². The van der Waals surface area contributed by atoms with Crippen LogP contribution in [0.25, 0.3) is 0 Å². The van der Waals surface area contributed by atoms with Crippen molar-refractivity contribution < 1.29 is 13.2 Å². The van der Waals surface area contributed by atoms with Crippen molar-refractivity contribution in [3.05, 3.63) is 0 Å². The van der Waals surface area contributed by atoms with Crippen LogP contribution in [-0.4, -0.2) is 44.5 Å². The maximum absolute atomic E-state index is 11.7. The Labute approximate surface area is 109 Å². The molecule has 0 aromatic rings. The first-order valence-corrected chi connectivity index (χ1v) is 8.60. The zero-order chi connectivity index (χ0) is 13.0. The Morgan fingerprint density at radius 3 is 2.39 bits per heavy atom. The average molecular weight is 274 g/mol. The van der Waals surface area contributed by atoms with Crippen molar-refractivity contribution in [3.8, 4) is 0 Å². The van der Waals surface area contributed by atoms with E-state index in [0.29, 0.717) is 12.5 Å². The van der Waals surface area contributed by atoms with Gasteiger partial charge in [-0.1, -0.05) is 19.3 Å². The number of carbonyl (C=O) groups excluding carboxylic acids is 1. The van der Waals surface area contributed by atoms with E-state index in [0.717, 1.165) is 12.8 Å². The van der Waals surface area contributed by atoms with Crippen molar-refractivity contribution in [3.63, 3.8) is 0 Å². The fourth-order valence-electron chi connectivity index (χ4n) is 2.72. The summed E-state index contributed by atoms with van der Waals surface area (Å²) >= 11 is 0. The molecule has 1 aliphatic carbocycles. The van der Waals surface area contributed by atoms with Crippen LogP contribution >= 0.6 is 0 Å². The summed E-state index contributed by atoms with van der Waals surface area (Å²) in [6, 6.07) is 0.271. The Bertz CT molecular complexity index is 388. The maximum Gasteiger partial charge on any atom is 0.234 e. The summed E-state index contributed by atoms with van der Waals surface area (Å²) in [5.41, 5.74) is 0. The normalized spacial score (nSPS) is 28.1. The third-order valence-corrected chi connectivity index (χ3v) is 5.52. The first kappa shape index (κ1) is 13.8. The number of nitrogens with one attached hydrogen (secondary N) is 2. The maximum atomic E-state index is 11.7. The van der Waals surface area contributed by atoms with Gasteiger partial charge in [0.15, 0.2) is 9.84 Å². The molecule has 0 spiro atoms. The van der Waals surface area contributed by atoms with E-state index in [4.69, 9.17) is 0 Å². The molecule has 1 unspecified atom stereocenters. The van der Waals surface area contributed by atoms with Gasteiger partial charge in [0, 0.05) is 12.1 Å². The zero-order valence-corrected chi connectivity index (χ0v) is 11.5. The van der Waals surface area contributed by atoms with Crippen LogP contribution < -0.4 is 10.6 Å². The second kappa shape index (κ2) is 6.02. The third-order valence-electron chi connectivity index (χ3n) is 3.75. The molecule has 1 amide bonds. The van der Waals surface area contributed by atoms with Gasteiger partial charge in [-0.25, -0.2) is 8.42 Å². The molecule has 2 aliphatic rings. The van der Waals surface area contributed by atoms with Crippen molar-refractivity contribution in [2.45, 2.75) is 50.6 Å². The van der Waals surface area contributed by atoms with Crippen molar-refractivity contribution in [1.82, 2.24) is 10.6 Å². The van der Waals surface area contributed by atoms with Crippen LogP contribution in [0.15, 0.2) is 0 Å². The Kier molecular flexibility index (Phi) is 4.61. The summed E-state index contributed by atoms with van der Waals surface area (Å²) in [5, 5.41) is 6.05. The first-order valence-electron chi connectivity index (χ1n) is 6.78. The van der Waals surface area contributed by atoms with Gasteiger partial charge >= 0.3 is 0 Å². The fourth-order valence-corrected chi connectivity index (χ4v) is 4.43. The molecule has 2 fully saturated rings. The molecule has 1 heterocycles. The molecule has 1 saturated carbocycles. The molecule has 0 radical (unpaired) electrons. The molecule has 2 N–H and O–H groups in total. The third kappa shape index (κ3) is 4.24. The Balaban J connectivity index is 1.65. The molecule has 1 aliphatic heterocycles. The van der Waals surface area contributed by atoms with Gasteiger partial charge in [-0.05, 0) is 19.3 Å². The van der Waals surface area contributed by atoms with Gasteiger partial charge in [0.1, 0.15) is 0 Å². The second-order valence-corrected chi connectivity index (χ2v) is 7.61. The van der Waals surface area contributed by atoms with Crippen LogP contribution in [0.5, 0.6) is 0 Å². The van der Waals surface area contributed by atoms with E-state index in [1.54, 1.807) is 0 Å². The quantitative estimate of drug-likeness (QED) is 0.768. The van der Waals surface area contributed by atoms with E-state index >= 15 is 0 Å². The highest BCUT2D eigenvalue weighted by Gasteiger charge is 2.27. The lowest BCUT2D eigenvalue weighted by atomic mass is 9.95. The summed E-state index contributed by atoms with van der Waals surface area (Å²) in [4.78, 5) is 11.7. The molecule has 0 bridgehead atoms. The van der Waals surface area contributed by atoms with Gasteiger partial charge in [-0.3, -0.25) is 4.79 Å². The summed E-state index contributed by atoms with van der Waals surface area (Å²) in [6.45, 7) is 0.233. The summed E-state index contributed by atoms with van der Waals surface area (Å²) in [5.74, 6) is 0.407. The van der Waals surface area contributed by atoms with Crippen LogP contribution in [0.2, 0.25) is 0 Å². The van der Waals surface area contributed by atoms with Gasteiger partial charge in [-0.2, -0.15) is 0 Å². The minimum atomic E-state index is -2.86. The average Bonchev–Trinajstić information content (AvgIpc) is 2.68. The van der Waals surface area contributed by atoms with Gasteiger partial charge in [0.2, 0.25) is 5.91 Å². The number of amides is 1. The molecule has 1 saturated heterocycles. The lowest BCUT2D eigenvalue weighted by Gasteiger charge is -2.23. The summed E-state index contributed by atoms with van der Waals surface area (Å²) in [6.07, 6.45) is 6.43. The first-order chi connectivity index (χ1) is 8.55. The lowest BCUT2D eigenvalue weighted by Crippen LogP contribution is -2.44. The van der Waals surface area contributed by atoms with Gasteiger partial charge in [0.05, 0.1) is 18.1 Å². The predicted molar refractivity (Wildman–Crippen MR) is 70.1 cm³/mol. The number of rotatable bonds is 4. The Hall–Kier alpha value is -0.620. The molecule has 1 atom stereocenters. The zero-order valence-electron chi connectivity index (χ0n) is 10.7. The Morgan fingerprint density at radius 1 is 1.06 bits per heavy atom. The molecule has 2 rings (SSSR count). The van der Waals surface area contributed by atoms with E-state index in [1.807, 2.05) is 0 Å². The highest BCUT2D eigenvalue weighted by molar-refractivity contribution is 7.91. The monoisotopic (exact) mass is 274 g/mol. The standard InChI is InChI=1S/C12H22N2O3S/c15-12(14-10-4-2-1-3-5-10)8-13-11-6-7-18(16,17)9-11/h10-11,13H,1-9H2,(H,14,15). The van der Waals surface area contributed by atoms with Crippen molar-refractivity contribution in [2.75, 3.05) is 18.1 Å². The van der Waals surface area contributed by atoms with Crippen LogP contribution in [0, 0.1) is 0 Å². The molecule has 0 aromatic heterocycles. The van der Waals surface area contributed by atoms with Gasteiger partial charge < -0.3 is 10.6 Å². The van der Waals surface area contributed by atoms with E-state index in [9.17, 15) is 13.2 Å². The molecule has 6 heteroatoms. The predicted octanol–water partition coefficient (Wildman–Crippen LogP) is 0.212. The van der Waals surface area contributed by atoms with Crippen LogP contribution in [0.3, 0.4) is 0 Å². The van der Waals surface area contributed by atoms with Crippen LogP contribution in [0.1, 0.15) is 38.5 Å². The fraction of sp³-hybridized carbons (Fsp3) is 0.917. The summed E-state index contributed by atoms with van der Waals surface area (Å²) in [7, 11) is -2.86.